The summed E-state index contributed by atoms with van der Waals surface area (Å²) in [6.45, 7) is 10.8. The quantitative estimate of drug-likeness (QED) is 0.612. The molecule has 29 heavy (non-hydrogen) atoms. The lowest BCUT2D eigenvalue weighted by Crippen LogP contribution is -2.53. The summed E-state index contributed by atoms with van der Waals surface area (Å²) in [4.78, 5) is 23.1. The van der Waals surface area contributed by atoms with Crippen molar-refractivity contribution in [3.05, 3.63) is 24.2 Å². The number of rotatable bonds is 4. The molecule has 2 saturated heterocycles. The van der Waals surface area contributed by atoms with Gasteiger partial charge < -0.3 is 24.7 Å². The molecule has 3 heterocycles. The number of carbonyl (C=O) groups excluding carboxylic acids is 1. The lowest BCUT2D eigenvalue weighted by Gasteiger charge is -2.36. The highest BCUT2D eigenvalue weighted by molar-refractivity contribution is 5.78. The number of guanidine groups is 1. The number of amides is 1. The molecule has 0 aliphatic carbocycles. The first kappa shape index (κ1) is 21.5. The highest BCUT2D eigenvalue weighted by atomic mass is 16.6. The van der Waals surface area contributed by atoms with E-state index in [1.807, 2.05) is 37.8 Å². The number of nitrogens with zero attached hydrogens (tertiary/aromatic N) is 4. The Labute approximate surface area is 173 Å². The Morgan fingerprint density at radius 3 is 2.38 bits per heavy atom. The van der Waals surface area contributed by atoms with E-state index in [4.69, 9.17) is 19.9 Å². The molecular formula is C21H35N5O3. The number of furan rings is 1. The van der Waals surface area contributed by atoms with Crippen LogP contribution in [0.25, 0.3) is 0 Å². The molecule has 0 spiro atoms. The summed E-state index contributed by atoms with van der Waals surface area (Å²) >= 11 is 0. The van der Waals surface area contributed by atoms with Crippen molar-refractivity contribution in [2.24, 2.45) is 10.7 Å². The number of carbonyl (C=O) groups is 1. The summed E-state index contributed by atoms with van der Waals surface area (Å²) in [5.41, 5.74) is 5.81. The van der Waals surface area contributed by atoms with Gasteiger partial charge in [0.2, 0.25) is 0 Å². The molecule has 8 nitrogen and oxygen atoms in total. The van der Waals surface area contributed by atoms with Gasteiger partial charge in [0.25, 0.3) is 0 Å². The highest BCUT2D eigenvalue weighted by Gasteiger charge is 2.27. The molecule has 2 aliphatic heterocycles. The predicted molar refractivity (Wildman–Crippen MR) is 113 cm³/mol. The number of ether oxygens (including phenoxy) is 1. The van der Waals surface area contributed by atoms with E-state index in [1.54, 1.807) is 11.2 Å². The number of hydrogen-bond acceptors (Lipinski definition) is 5. The zero-order valence-electron chi connectivity index (χ0n) is 18.0. The van der Waals surface area contributed by atoms with E-state index >= 15 is 0 Å². The van der Waals surface area contributed by atoms with Crippen LogP contribution in [0.1, 0.15) is 51.8 Å². The van der Waals surface area contributed by atoms with Crippen LogP contribution in [0.3, 0.4) is 0 Å². The third-order valence-electron chi connectivity index (χ3n) is 5.38. The van der Waals surface area contributed by atoms with Gasteiger partial charge in [0.1, 0.15) is 11.4 Å². The topological polar surface area (TPSA) is 87.5 Å². The van der Waals surface area contributed by atoms with Gasteiger partial charge in [-0.2, -0.15) is 0 Å². The predicted octanol–water partition coefficient (Wildman–Crippen LogP) is 2.67. The summed E-state index contributed by atoms with van der Waals surface area (Å²) < 4.78 is 11.1. The first-order chi connectivity index (χ1) is 13.8. The average Bonchev–Trinajstić information content (AvgIpc) is 3.22. The van der Waals surface area contributed by atoms with Gasteiger partial charge in [0.15, 0.2) is 5.96 Å². The smallest absolute Gasteiger partial charge is 0.410 e. The van der Waals surface area contributed by atoms with Crippen molar-refractivity contribution in [2.75, 3.05) is 45.8 Å². The van der Waals surface area contributed by atoms with Crippen molar-refractivity contribution in [1.29, 1.82) is 0 Å². The second-order valence-electron chi connectivity index (χ2n) is 8.78. The Bertz CT molecular complexity index is 669. The monoisotopic (exact) mass is 405 g/mol. The summed E-state index contributed by atoms with van der Waals surface area (Å²) in [7, 11) is 0. The van der Waals surface area contributed by atoms with E-state index in [9.17, 15) is 4.79 Å². The number of piperidine rings is 1. The molecule has 1 unspecified atom stereocenters. The van der Waals surface area contributed by atoms with Crippen LogP contribution in [-0.4, -0.2) is 78.2 Å². The van der Waals surface area contributed by atoms with Gasteiger partial charge in [-0.15, -0.1) is 0 Å². The summed E-state index contributed by atoms with van der Waals surface area (Å²) in [6.07, 6.45) is 5.16. The molecule has 0 radical (unpaired) electrons. The Kier molecular flexibility index (Phi) is 7.05. The molecule has 1 aromatic rings. The van der Waals surface area contributed by atoms with Crippen LogP contribution in [0.2, 0.25) is 0 Å². The minimum Gasteiger partial charge on any atom is -0.468 e. The fourth-order valence-electron chi connectivity index (χ4n) is 3.82. The van der Waals surface area contributed by atoms with Crippen LogP contribution in [0.5, 0.6) is 0 Å². The fraction of sp³-hybridized carbons (Fsp3) is 0.714. The molecule has 1 atom stereocenters. The standard InChI is InChI=1S/C21H35N5O3/c1-21(2,3)29-20(27)26-13-11-25(12-14-26)19(22)23-16-17(18-8-7-15-28-18)24-9-5-4-6-10-24/h7-8,15,17H,4-6,9-14,16H2,1-3H3,(H2,22,23). The van der Waals surface area contributed by atoms with Crippen molar-refractivity contribution in [2.45, 2.75) is 51.7 Å². The first-order valence-corrected chi connectivity index (χ1v) is 10.6. The summed E-state index contributed by atoms with van der Waals surface area (Å²) in [5, 5.41) is 0. The van der Waals surface area contributed by atoms with Gasteiger partial charge >= 0.3 is 6.09 Å². The van der Waals surface area contributed by atoms with Crippen LogP contribution in [0.4, 0.5) is 4.79 Å². The number of hydrogen-bond donors (Lipinski definition) is 1. The van der Waals surface area contributed by atoms with Crippen LogP contribution < -0.4 is 5.73 Å². The van der Waals surface area contributed by atoms with Gasteiger partial charge in [0.05, 0.1) is 18.8 Å². The third-order valence-corrected chi connectivity index (χ3v) is 5.38. The maximum Gasteiger partial charge on any atom is 0.410 e. The van der Waals surface area contributed by atoms with Crippen molar-refractivity contribution in [3.8, 4) is 0 Å². The van der Waals surface area contributed by atoms with E-state index in [0.29, 0.717) is 38.7 Å². The molecule has 0 bridgehead atoms. The lowest BCUT2D eigenvalue weighted by atomic mass is 10.1. The maximum atomic E-state index is 12.2. The number of nitrogens with two attached hydrogens (primary N) is 1. The number of piperazine rings is 1. The SMILES string of the molecule is CC(C)(C)OC(=O)N1CCN(C(N)=NCC(c2ccco2)N2CCCCC2)CC1. The van der Waals surface area contributed by atoms with E-state index < -0.39 is 5.60 Å². The van der Waals surface area contributed by atoms with Crippen LogP contribution in [0.15, 0.2) is 27.8 Å². The highest BCUT2D eigenvalue weighted by Crippen LogP contribution is 2.25. The molecule has 3 rings (SSSR count). The van der Waals surface area contributed by atoms with Gasteiger partial charge in [-0.1, -0.05) is 6.42 Å². The Balaban J connectivity index is 1.55. The second-order valence-corrected chi connectivity index (χ2v) is 8.78. The molecule has 0 aromatic carbocycles. The van der Waals surface area contributed by atoms with E-state index in [0.717, 1.165) is 18.8 Å². The Hall–Kier alpha value is -2.22. The number of likely N-dealkylation sites (tertiary alicyclic amines) is 1. The number of aliphatic imine (C=N–C) groups is 1. The minimum atomic E-state index is -0.482. The molecule has 1 aromatic heterocycles. The van der Waals surface area contributed by atoms with Gasteiger partial charge in [-0.05, 0) is 58.8 Å². The molecular weight excluding hydrogens is 370 g/mol. The molecule has 2 N–H and O–H groups in total. The summed E-state index contributed by atoms with van der Waals surface area (Å²) in [5.74, 6) is 1.47. The molecule has 1 amide bonds. The maximum absolute atomic E-state index is 12.2. The molecule has 0 saturated carbocycles. The van der Waals surface area contributed by atoms with Crippen molar-refractivity contribution >= 4 is 12.1 Å². The third kappa shape index (κ3) is 6.13. The second kappa shape index (κ2) is 9.52. The van der Waals surface area contributed by atoms with E-state index in [1.165, 1.54) is 19.3 Å². The van der Waals surface area contributed by atoms with E-state index in [-0.39, 0.29) is 12.1 Å². The fourth-order valence-corrected chi connectivity index (χ4v) is 3.82. The summed E-state index contributed by atoms with van der Waals surface area (Å²) in [6, 6.07) is 4.06. The van der Waals surface area contributed by atoms with Gasteiger partial charge in [-0.3, -0.25) is 9.89 Å². The van der Waals surface area contributed by atoms with E-state index in [2.05, 4.69) is 4.90 Å². The van der Waals surface area contributed by atoms with Crippen molar-refractivity contribution < 1.29 is 13.9 Å². The molecule has 2 aliphatic rings. The van der Waals surface area contributed by atoms with Crippen molar-refractivity contribution in [3.63, 3.8) is 0 Å². The normalized spacial score (nSPS) is 20.6. The molecule has 162 valence electrons. The minimum absolute atomic E-state index is 0.118. The zero-order valence-corrected chi connectivity index (χ0v) is 18.0. The Morgan fingerprint density at radius 1 is 1.14 bits per heavy atom. The molecule has 2 fully saturated rings. The van der Waals surface area contributed by atoms with Crippen molar-refractivity contribution in [1.82, 2.24) is 14.7 Å². The zero-order chi connectivity index (χ0) is 20.9. The first-order valence-electron chi connectivity index (χ1n) is 10.6. The van der Waals surface area contributed by atoms with Crippen LogP contribution in [-0.2, 0) is 4.74 Å². The average molecular weight is 406 g/mol. The lowest BCUT2D eigenvalue weighted by molar-refractivity contribution is 0.0186. The van der Waals surface area contributed by atoms with Crippen LogP contribution in [0, 0.1) is 0 Å². The molecule has 8 heteroatoms. The largest absolute Gasteiger partial charge is 0.468 e. The van der Waals surface area contributed by atoms with Gasteiger partial charge in [-0.25, -0.2) is 4.79 Å². The van der Waals surface area contributed by atoms with Crippen LogP contribution >= 0.6 is 0 Å². The van der Waals surface area contributed by atoms with Gasteiger partial charge in [0, 0.05) is 26.2 Å². The Morgan fingerprint density at radius 2 is 1.79 bits per heavy atom.